The van der Waals surface area contributed by atoms with E-state index in [2.05, 4.69) is 62.3 Å². The molecule has 8 heteroatoms. The van der Waals surface area contributed by atoms with Crippen LogP contribution in [0.2, 0.25) is 10.0 Å². The lowest BCUT2D eigenvalue weighted by Crippen LogP contribution is -2.46. The molecule has 41 heavy (non-hydrogen) atoms. The SMILES string of the molecule is C=CC[C@@]1(C)C[C@H](c2cccc(Cl)c2)C(c2ccc(Cl)cc2)[N+]2=C1OCC2C(C)C.Cc1ccc(S(=O)(=O)O)cc1. The summed E-state index contributed by atoms with van der Waals surface area (Å²) in [7, 11) is -4.02. The van der Waals surface area contributed by atoms with Crippen molar-refractivity contribution in [3.05, 3.63) is 112 Å². The molecule has 0 fully saturated rings. The van der Waals surface area contributed by atoms with Crippen LogP contribution in [-0.2, 0) is 14.9 Å². The Labute approximate surface area is 254 Å². The molecular weight excluding hydrogens is 577 g/mol. The molecule has 0 radical (unpaired) electrons. The van der Waals surface area contributed by atoms with Crippen molar-refractivity contribution in [1.82, 2.24) is 0 Å². The Morgan fingerprint density at radius 3 is 2.27 bits per heavy atom. The molecule has 1 N–H and O–H groups in total. The predicted molar refractivity (Wildman–Crippen MR) is 167 cm³/mol. The van der Waals surface area contributed by atoms with Gasteiger partial charge in [-0.1, -0.05) is 85.1 Å². The van der Waals surface area contributed by atoms with Crippen molar-refractivity contribution >= 4 is 39.2 Å². The monoisotopic (exact) mass is 614 g/mol. The molecule has 218 valence electrons. The van der Waals surface area contributed by atoms with Crippen LogP contribution in [0.1, 0.15) is 62.3 Å². The molecule has 5 rings (SSSR count). The van der Waals surface area contributed by atoms with Gasteiger partial charge in [0.05, 0.1) is 16.2 Å². The maximum Gasteiger partial charge on any atom is 0.343 e. The molecule has 0 saturated carbocycles. The molecule has 5 nitrogen and oxygen atoms in total. The molecule has 0 aliphatic carbocycles. The second kappa shape index (κ2) is 12.7. The lowest BCUT2D eigenvalue weighted by molar-refractivity contribution is -0.616. The summed E-state index contributed by atoms with van der Waals surface area (Å²) < 4.78 is 38.5. The van der Waals surface area contributed by atoms with Crippen molar-refractivity contribution in [2.24, 2.45) is 11.3 Å². The number of rotatable bonds is 6. The molecule has 2 aliphatic rings. The van der Waals surface area contributed by atoms with E-state index in [1.54, 1.807) is 12.1 Å². The van der Waals surface area contributed by atoms with Crippen LogP contribution in [0.15, 0.2) is 90.3 Å². The Morgan fingerprint density at radius 2 is 1.71 bits per heavy atom. The summed E-state index contributed by atoms with van der Waals surface area (Å²) in [4.78, 5) is -0.0666. The van der Waals surface area contributed by atoms with Crippen LogP contribution in [0.5, 0.6) is 0 Å². The number of nitrogens with zero attached hydrogens (tertiary/aromatic N) is 1. The molecule has 2 unspecified atom stereocenters. The molecule has 0 spiro atoms. The average Bonchev–Trinajstić information content (AvgIpc) is 3.36. The quantitative estimate of drug-likeness (QED) is 0.172. The first-order valence-electron chi connectivity index (χ1n) is 13.8. The summed E-state index contributed by atoms with van der Waals surface area (Å²) in [6.07, 6.45) is 3.88. The molecule has 2 aliphatic heterocycles. The minimum Gasteiger partial charge on any atom is -0.441 e. The van der Waals surface area contributed by atoms with Gasteiger partial charge in [-0.3, -0.25) is 4.55 Å². The first kappa shape index (κ1) is 31.3. The Balaban J connectivity index is 0.000000296. The largest absolute Gasteiger partial charge is 0.441 e. The molecule has 0 saturated heterocycles. The van der Waals surface area contributed by atoms with Gasteiger partial charge in [-0.15, -0.1) is 6.58 Å². The van der Waals surface area contributed by atoms with Gasteiger partial charge in [0.1, 0.15) is 0 Å². The first-order valence-corrected chi connectivity index (χ1v) is 16.0. The number of ether oxygens (including phenoxy) is 1. The fraction of sp³-hybridized carbons (Fsp3) is 0.364. The average molecular weight is 616 g/mol. The number of halogens is 2. The third-order valence-corrected chi connectivity index (χ3v) is 9.38. The maximum absolute atomic E-state index is 10.5. The van der Waals surface area contributed by atoms with E-state index in [4.69, 9.17) is 32.5 Å². The van der Waals surface area contributed by atoms with Gasteiger partial charge in [0.2, 0.25) is 0 Å². The van der Waals surface area contributed by atoms with Gasteiger partial charge in [0.25, 0.3) is 10.1 Å². The van der Waals surface area contributed by atoms with E-state index >= 15 is 0 Å². The summed E-state index contributed by atoms with van der Waals surface area (Å²) in [5.74, 6) is 1.87. The number of hydrogen-bond donors (Lipinski definition) is 1. The van der Waals surface area contributed by atoms with Crippen molar-refractivity contribution in [2.75, 3.05) is 6.61 Å². The molecule has 0 aromatic heterocycles. The number of allylic oxidation sites excluding steroid dienone is 1. The van der Waals surface area contributed by atoms with Gasteiger partial charge in [0.15, 0.2) is 18.7 Å². The third kappa shape index (κ3) is 7.06. The lowest BCUT2D eigenvalue weighted by atomic mass is 9.69. The van der Waals surface area contributed by atoms with Gasteiger partial charge in [-0.25, -0.2) is 0 Å². The van der Waals surface area contributed by atoms with Crippen molar-refractivity contribution in [2.45, 2.75) is 63.4 Å². The van der Waals surface area contributed by atoms with Crippen molar-refractivity contribution in [3.8, 4) is 0 Å². The maximum atomic E-state index is 10.5. The molecular formula is C33H38Cl2NO4S+. The Hall–Kier alpha value is -2.64. The van der Waals surface area contributed by atoms with Gasteiger partial charge in [-0.05, 0) is 68.7 Å². The highest BCUT2D eigenvalue weighted by Crippen LogP contribution is 2.51. The smallest absolute Gasteiger partial charge is 0.343 e. The van der Waals surface area contributed by atoms with Gasteiger partial charge < -0.3 is 4.74 Å². The molecule has 2 heterocycles. The Bertz CT molecular complexity index is 1520. The zero-order valence-corrected chi connectivity index (χ0v) is 26.3. The molecule has 3 aromatic carbocycles. The normalized spacial score (nSPS) is 23.9. The van der Waals surface area contributed by atoms with Gasteiger partial charge in [-0.2, -0.15) is 13.0 Å². The van der Waals surface area contributed by atoms with Crippen LogP contribution in [0.3, 0.4) is 0 Å². The van der Waals surface area contributed by atoms with Crippen molar-refractivity contribution in [1.29, 1.82) is 0 Å². The van der Waals surface area contributed by atoms with Gasteiger partial charge in [0, 0.05) is 21.5 Å². The zero-order chi connectivity index (χ0) is 29.9. The fourth-order valence-electron chi connectivity index (χ4n) is 5.97. The van der Waals surface area contributed by atoms with Crippen LogP contribution in [0, 0.1) is 18.3 Å². The minimum absolute atomic E-state index is 0.0666. The van der Waals surface area contributed by atoms with Crippen LogP contribution < -0.4 is 0 Å². The van der Waals surface area contributed by atoms with E-state index in [0.717, 1.165) is 41.0 Å². The topological polar surface area (TPSA) is 66.6 Å². The lowest BCUT2D eigenvalue weighted by Gasteiger charge is -2.39. The second-order valence-corrected chi connectivity index (χ2v) is 13.8. The number of benzene rings is 3. The predicted octanol–water partition coefficient (Wildman–Crippen LogP) is 8.51. The van der Waals surface area contributed by atoms with E-state index in [1.165, 1.54) is 23.3 Å². The summed E-state index contributed by atoms with van der Waals surface area (Å²) in [6, 6.07) is 23.1. The number of hydrogen-bond acceptors (Lipinski definition) is 3. The third-order valence-electron chi connectivity index (χ3n) is 8.02. The summed E-state index contributed by atoms with van der Waals surface area (Å²) >= 11 is 12.7. The van der Waals surface area contributed by atoms with E-state index in [-0.39, 0.29) is 22.3 Å². The minimum atomic E-state index is -4.02. The fourth-order valence-corrected chi connectivity index (χ4v) is 6.77. The summed E-state index contributed by atoms with van der Waals surface area (Å²) in [6.45, 7) is 13.5. The van der Waals surface area contributed by atoms with Crippen LogP contribution in [0.25, 0.3) is 0 Å². The Morgan fingerprint density at radius 1 is 1.05 bits per heavy atom. The highest BCUT2D eigenvalue weighted by molar-refractivity contribution is 7.85. The first-order chi connectivity index (χ1) is 19.3. The van der Waals surface area contributed by atoms with E-state index < -0.39 is 10.1 Å². The van der Waals surface area contributed by atoms with Crippen molar-refractivity contribution < 1.29 is 22.3 Å². The summed E-state index contributed by atoms with van der Waals surface area (Å²) in [5, 5.41) is 1.54. The Kier molecular flexibility index (Phi) is 9.70. The standard InChI is InChI=1S/C26H30Cl2NO.C7H8O3S/c1-5-13-26(4)15-22(19-7-6-8-21(28)14-19)24(18-9-11-20(27)12-10-18)29-23(17(2)3)16-30-25(26)29;1-6-2-4-7(5-3-6)11(8,9)10/h5-12,14,17,22-24H,1,13,15-16H2,2-4H3;2-5H,1H3,(H,8,9,10)/q+1;/t22-,23?,24?,26+;/m1./s1. The number of aryl methyl sites for hydroxylation is 1. The molecule has 0 bridgehead atoms. The van der Waals surface area contributed by atoms with E-state index in [1.807, 2.05) is 31.2 Å². The molecule has 4 atom stereocenters. The van der Waals surface area contributed by atoms with E-state index in [9.17, 15) is 8.42 Å². The van der Waals surface area contributed by atoms with Crippen molar-refractivity contribution in [3.63, 3.8) is 0 Å². The molecule has 3 aromatic rings. The highest BCUT2D eigenvalue weighted by Gasteiger charge is 2.57. The summed E-state index contributed by atoms with van der Waals surface area (Å²) in [5.41, 5.74) is 3.39. The van der Waals surface area contributed by atoms with Crippen LogP contribution >= 0.6 is 23.2 Å². The highest BCUT2D eigenvalue weighted by atomic mass is 35.5. The molecule has 0 amide bonds. The van der Waals surface area contributed by atoms with Crippen LogP contribution in [0.4, 0.5) is 0 Å². The van der Waals surface area contributed by atoms with Gasteiger partial charge >= 0.3 is 5.90 Å². The van der Waals surface area contributed by atoms with Crippen LogP contribution in [-0.4, -0.2) is 36.1 Å². The zero-order valence-electron chi connectivity index (χ0n) is 23.9. The van der Waals surface area contributed by atoms with E-state index in [0.29, 0.717) is 12.0 Å². The second-order valence-electron chi connectivity index (χ2n) is 11.5.